The maximum absolute atomic E-state index is 6.32. The fourth-order valence-corrected chi connectivity index (χ4v) is 4.74. The van der Waals surface area contributed by atoms with Crippen molar-refractivity contribution in [3.63, 3.8) is 0 Å². The predicted octanol–water partition coefficient (Wildman–Crippen LogP) is 3.51. The molecular formula is C25H35N5O3. The van der Waals surface area contributed by atoms with Crippen LogP contribution >= 0.6 is 0 Å². The van der Waals surface area contributed by atoms with Gasteiger partial charge in [0.15, 0.2) is 5.82 Å². The van der Waals surface area contributed by atoms with E-state index in [-0.39, 0.29) is 0 Å². The Morgan fingerprint density at radius 3 is 2.06 bits per heavy atom. The zero-order valence-corrected chi connectivity index (χ0v) is 19.7. The fraction of sp³-hybridized carbons (Fsp3) is 0.640. The van der Waals surface area contributed by atoms with Gasteiger partial charge in [0.25, 0.3) is 0 Å². The lowest BCUT2D eigenvalue weighted by molar-refractivity contribution is 0.121. The number of morpholine rings is 2. The van der Waals surface area contributed by atoms with Gasteiger partial charge < -0.3 is 24.0 Å². The third-order valence-corrected chi connectivity index (χ3v) is 6.82. The number of rotatable bonds is 5. The van der Waals surface area contributed by atoms with E-state index in [9.17, 15) is 0 Å². The largest absolute Gasteiger partial charge is 0.491 e. The fourth-order valence-electron chi connectivity index (χ4n) is 4.74. The van der Waals surface area contributed by atoms with Gasteiger partial charge in [-0.05, 0) is 62.7 Å². The Morgan fingerprint density at radius 2 is 1.45 bits per heavy atom. The normalized spacial score (nSPS) is 22.9. The van der Waals surface area contributed by atoms with Gasteiger partial charge in [-0.15, -0.1) is 0 Å². The van der Waals surface area contributed by atoms with Crippen LogP contribution in [-0.2, 0) is 14.2 Å². The van der Waals surface area contributed by atoms with Crippen LogP contribution in [0.15, 0.2) is 29.6 Å². The Kier molecular flexibility index (Phi) is 7.21. The number of ether oxygens (including phenoxy) is 3. The molecule has 8 nitrogen and oxygen atoms in total. The molecule has 0 atom stereocenters. The van der Waals surface area contributed by atoms with Gasteiger partial charge in [-0.25, -0.2) is 0 Å². The minimum atomic E-state index is 0.373. The van der Waals surface area contributed by atoms with E-state index < -0.39 is 0 Å². The highest BCUT2D eigenvalue weighted by Crippen LogP contribution is 2.30. The SMILES string of the molecule is CC1=C(OC2CCCC2)C=CC=C(c2nc(N3CCOCC3)nc(N3CCOCC3)n2)CC1. The van der Waals surface area contributed by atoms with Crippen LogP contribution in [0.25, 0.3) is 5.57 Å². The molecule has 33 heavy (non-hydrogen) atoms. The lowest BCUT2D eigenvalue weighted by Gasteiger charge is -2.30. The third-order valence-electron chi connectivity index (χ3n) is 6.82. The molecule has 1 aromatic heterocycles. The van der Waals surface area contributed by atoms with Crippen molar-refractivity contribution in [2.45, 2.75) is 51.6 Å². The minimum absolute atomic E-state index is 0.373. The summed E-state index contributed by atoms with van der Waals surface area (Å²) in [7, 11) is 0. The second-order valence-corrected chi connectivity index (χ2v) is 9.18. The van der Waals surface area contributed by atoms with E-state index in [1.54, 1.807) is 0 Å². The van der Waals surface area contributed by atoms with E-state index in [1.165, 1.54) is 31.3 Å². The number of allylic oxidation sites excluding steroid dienone is 5. The van der Waals surface area contributed by atoms with Gasteiger partial charge in [-0.3, -0.25) is 0 Å². The predicted molar refractivity (Wildman–Crippen MR) is 128 cm³/mol. The van der Waals surface area contributed by atoms with E-state index in [4.69, 9.17) is 29.2 Å². The Labute approximate surface area is 196 Å². The van der Waals surface area contributed by atoms with Crippen molar-refractivity contribution >= 4 is 17.5 Å². The molecule has 1 saturated carbocycles. The standard InChI is InChI=1S/C25H35N5O3/c1-19-9-10-20(5-4-8-22(19)33-21-6-2-3-7-21)23-26-24(29-11-15-31-16-12-29)28-25(27-23)30-13-17-32-18-14-30/h4-5,8,21H,2-3,6-7,9-18H2,1H3. The van der Waals surface area contributed by atoms with Gasteiger partial charge in [0.05, 0.1) is 32.5 Å². The van der Waals surface area contributed by atoms with Crippen molar-refractivity contribution in [3.05, 3.63) is 35.4 Å². The lowest BCUT2D eigenvalue weighted by atomic mass is 10.0. The molecule has 8 heteroatoms. The first-order chi connectivity index (χ1) is 16.3. The molecule has 2 aliphatic heterocycles. The lowest BCUT2D eigenvalue weighted by Crippen LogP contribution is -2.40. The van der Waals surface area contributed by atoms with E-state index in [2.05, 4.69) is 35.0 Å². The van der Waals surface area contributed by atoms with Gasteiger partial charge in [-0.2, -0.15) is 15.0 Å². The van der Waals surface area contributed by atoms with Crippen LogP contribution in [0, 0.1) is 0 Å². The van der Waals surface area contributed by atoms with Gasteiger partial charge in [-0.1, -0.05) is 12.2 Å². The molecule has 178 valence electrons. The van der Waals surface area contributed by atoms with Crippen molar-refractivity contribution in [3.8, 4) is 0 Å². The Hall–Kier alpha value is -2.45. The molecule has 2 aliphatic carbocycles. The second kappa shape index (κ2) is 10.7. The summed E-state index contributed by atoms with van der Waals surface area (Å²) in [5.74, 6) is 3.30. The van der Waals surface area contributed by atoms with Crippen molar-refractivity contribution in [1.29, 1.82) is 0 Å². The summed E-state index contributed by atoms with van der Waals surface area (Å²) in [5.41, 5.74) is 2.43. The van der Waals surface area contributed by atoms with Gasteiger partial charge >= 0.3 is 0 Å². The van der Waals surface area contributed by atoms with Gasteiger partial charge in [0.1, 0.15) is 5.76 Å². The first-order valence-corrected chi connectivity index (χ1v) is 12.4. The highest BCUT2D eigenvalue weighted by atomic mass is 16.5. The highest BCUT2D eigenvalue weighted by Gasteiger charge is 2.23. The number of anilines is 2. The molecule has 0 amide bonds. The maximum atomic E-state index is 6.32. The summed E-state index contributed by atoms with van der Waals surface area (Å²) in [6, 6.07) is 0. The molecule has 3 heterocycles. The van der Waals surface area contributed by atoms with E-state index in [1.807, 2.05) is 0 Å². The molecule has 0 bridgehead atoms. The molecule has 2 saturated heterocycles. The molecule has 1 aromatic rings. The van der Waals surface area contributed by atoms with E-state index >= 15 is 0 Å². The smallest absolute Gasteiger partial charge is 0.230 e. The quantitative estimate of drug-likeness (QED) is 0.671. The van der Waals surface area contributed by atoms with Crippen molar-refractivity contribution < 1.29 is 14.2 Å². The van der Waals surface area contributed by atoms with Crippen molar-refractivity contribution in [1.82, 2.24) is 15.0 Å². The van der Waals surface area contributed by atoms with Crippen LogP contribution in [-0.4, -0.2) is 73.7 Å². The number of aromatic nitrogens is 3. The van der Waals surface area contributed by atoms with Crippen molar-refractivity contribution in [2.24, 2.45) is 0 Å². The number of nitrogens with zero attached hydrogens (tertiary/aromatic N) is 5. The zero-order chi connectivity index (χ0) is 22.5. The number of hydrogen-bond donors (Lipinski definition) is 0. The first kappa shape index (κ1) is 22.3. The Morgan fingerprint density at radius 1 is 0.848 bits per heavy atom. The van der Waals surface area contributed by atoms with Crippen LogP contribution in [0.1, 0.15) is 51.3 Å². The van der Waals surface area contributed by atoms with Crippen LogP contribution in [0.2, 0.25) is 0 Å². The van der Waals surface area contributed by atoms with Crippen LogP contribution in [0.3, 0.4) is 0 Å². The molecule has 0 unspecified atom stereocenters. The summed E-state index contributed by atoms with van der Waals surface area (Å²) in [6.45, 7) is 8.19. The van der Waals surface area contributed by atoms with Crippen LogP contribution in [0.5, 0.6) is 0 Å². The van der Waals surface area contributed by atoms with E-state index in [0.29, 0.717) is 32.5 Å². The summed E-state index contributed by atoms with van der Waals surface area (Å²) in [4.78, 5) is 19.1. The maximum Gasteiger partial charge on any atom is 0.230 e. The zero-order valence-electron chi connectivity index (χ0n) is 19.7. The monoisotopic (exact) mass is 453 g/mol. The molecule has 3 fully saturated rings. The van der Waals surface area contributed by atoms with Gasteiger partial charge in [0, 0.05) is 26.2 Å². The summed E-state index contributed by atoms with van der Waals surface area (Å²) in [5, 5.41) is 0. The average molecular weight is 454 g/mol. The molecule has 5 rings (SSSR count). The summed E-state index contributed by atoms with van der Waals surface area (Å²) >= 11 is 0. The third kappa shape index (κ3) is 5.55. The summed E-state index contributed by atoms with van der Waals surface area (Å²) < 4.78 is 17.4. The molecule has 0 aromatic carbocycles. The molecular weight excluding hydrogens is 418 g/mol. The molecule has 0 spiro atoms. The molecule has 0 N–H and O–H groups in total. The first-order valence-electron chi connectivity index (χ1n) is 12.4. The topological polar surface area (TPSA) is 72.8 Å². The Bertz CT molecular complexity index is 874. The summed E-state index contributed by atoms with van der Waals surface area (Å²) in [6.07, 6.45) is 13.4. The van der Waals surface area contributed by atoms with Crippen LogP contribution < -0.4 is 9.80 Å². The van der Waals surface area contributed by atoms with Gasteiger partial charge in [0.2, 0.25) is 11.9 Å². The average Bonchev–Trinajstić information content (AvgIpc) is 3.38. The van der Waals surface area contributed by atoms with Crippen LogP contribution in [0.4, 0.5) is 11.9 Å². The number of hydrogen-bond acceptors (Lipinski definition) is 8. The second-order valence-electron chi connectivity index (χ2n) is 9.18. The van der Waals surface area contributed by atoms with E-state index in [0.717, 1.165) is 68.1 Å². The molecule has 0 radical (unpaired) electrons. The molecule has 4 aliphatic rings. The van der Waals surface area contributed by atoms with Crippen molar-refractivity contribution in [2.75, 3.05) is 62.4 Å². The Balaban J connectivity index is 1.41. The highest BCUT2D eigenvalue weighted by molar-refractivity contribution is 5.64. The minimum Gasteiger partial charge on any atom is -0.491 e.